The first kappa shape index (κ1) is 12.2. The molecule has 17 heavy (non-hydrogen) atoms. The summed E-state index contributed by atoms with van der Waals surface area (Å²) < 4.78 is 0. The lowest BCUT2D eigenvalue weighted by molar-refractivity contribution is 0.497. The molecule has 0 saturated carbocycles. The van der Waals surface area contributed by atoms with E-state index in [0.717, 1.165) is 42.9 Å². The summed E-state index contributed by atoms with van der Waals surface area (Å²) in [5.41, 5.74) is 8.03. The van der Waals surface area contributed by atoms with E-state index in [0.29, 0.717) is 6.04 Å². The Bertz CT molecular complexity index is 455. The van der Waals surface area contributed by atoms with Crippen LogP contribution in [0.2, 0.25) is 0 Å². The lowest BCUT2D eigenvalue weighted by Gasteiger charge is -2.29. The zero-order valence-electron chi connectivity index (χ0n) is 9.60. The largest absolute Gasteiger partial charge is 0.342 e. The van der Waals surface area contributed by atoms with Gasteiger partial charge in [0, 0.05) is 19.1 Å². The van der Waals surface area contributed by atoms with Crippen molar-refractivity contribution in [2.45, 2.75) is 18.9 Å². The van der Waals surface area contributed by atoms with Gasteiger partial charge < -0.3 is 15.6 Å². The molecule has 0 radical (unpaired) electrons. The van der Waals surface area contributed by atoms with Gasteiger partial charge in [-0.05, 0) is 25.0 Å². The van der Waals surface area contributed by atoms with Crippen LogP contribution in [-0.4, -0.2) is 29.1 Å². The molecule has 1 aromatic heterocycles. The van der Waals surface area contributed by atoms with E-state index >= 15 is 0 Å². The van der Waals surface area contributed by atoms with Crippen LogP contribution in [0, 0.1) is 0 Å². The van der Waals surface area contributed by atoms with Gasteiger partial charge in [-0.25, -0.2) is 4.98 Å². The molecule has 0 atom stereocenters. The Hall–Kier alpha value is -1.26. The predicted molar refractivity (Wildman–Crippen MR) is 72.8 cm³/mol. The minimum atomic E-state index is 0. The minimum absolute atomic E-state index is 0. The van der Waals surface area contributed by atoms with Crippen molar-refractivity contribution in [3.8, 4) is 0 Å². The first-order chi connectivity index (χ1) is 7.83. The second-order valence-electron chi connectivity index (χ2n) is 4.40. The number of piperidine rings is 1. The number of aromatic nitrogens is 2. The van der Waals surface area contributed by atoms with Crippen molar-refractivity contribution >= 4 is 29.4 Å². The molecule has 3 N–H and O–H groups in total. The summed E-state index contributed by atoms with van der Waals surface area (Å²) >= 11 is 0. The fourth-order valence-electron chi connectivity index (χ4n) is 2.20. The van der Waals surface area contributed by atoms with Gasteiger partial charge in [0.05, 0.1) is 11.0 Å². The van der Waals surface area contributed by atoms with Gasteiger partial charge in [0.25, 0.3) is 0 Å². The van der Waals surface area contributed by atoms with Gasteiger partial charge in [0.15, 0.2) is 0 Å². The van der Waals surface area contributed by atoms with Crippen LogP contribution < -0.4 is 10.6 Å². The smallest absolute Gasteiger partial charge is 0.203 e. The molecule has 2 heterocycles. The molecule has 0 unspecified atom stereocenters. The Kier molecular flexibility index (Phi) is 3.54. The number of rotatable bonds is 1. The van der Waals surface area contributed by atoms with Gasteiger partial charge in [0.1, 0.15) is 0 Å². The number of anilines is 1. The van der Waals surface area contributed by atoms with Crippen molar-refractivity contribution in [2.24, 2.45) is 5.73 Å². The highest BCUT2D eigenvalue weighted by atomic mass is 35.5. The second kappa shape index (κ2) is 4.94. The van der Waals surface area contributed by atoms with E-state index in [4.69, 9.17) is 5.73 Å². The number of benzene rings is 1. The molecule has 0 spiro atoms. The van der Waals surface area contributed by atoms with E-state index in [9.17, 15) is 0 Å². The molecule has 1 aliphatic heterocycles. The highest BCUT2D eigenvalue weighted by molar-refractivity contribution is 5.85. The molecule has 3 rings (SSSR count). The topological polar surface area (TPSA) is 57.9 Å². The standard InChI is InChI=1S/C12H16N4.ClH/c13-9-5-7-16(8-6-9)12-14-10-3-1-2-4-11(10)15-12;/h1-4,9H,5-8,13H2,(H,14,15);1H. The Morgan fingerprint density at radius 1 is 1.24 bits per heavy atom. The summed E-state index contributed by atoms with van der Waals surface area (Å²) in [5, 5.41) is 0. The lowest BCUT2D eigenvalue weighted by Crippen LogP contribution is -2.40. The Morgan fingerprint density at radius 2 is 1.94 bits per heavy atom. The molecular weight excluding hydrogens is 236 g/mol. The van der Waals surface area contributed by atoms with E-state index < -0.39 is 0 Å². The molecule has 2 aromatic rings. The SMILES string of the molecule is Cl.NC1CCN(c2nc3ccccc3[nH]2)CC1. The lowest BCUT2D eigenvalue weighted by atomic mass is 10.1. The maximum absolute atomic E-state index is 5.89. The number of aromatic amines is 1. The van der Waals surface area contributed by atoms with Crippen molar-refractivity contribution in [1.82, 2.24) is 9.97 Å². The van der Waals surface area contributed by atoms with Crippen molar-refractivity contribution in [1.29, 1.82) is 0 Å². The number of hydrogen-bond acceptors (Lipinski definition) is 3. The fourth-order valence-corrected chi connectivity index (χ4v) is 2.20. The van der Waals surface area contributed by atoms with Crippen molar-refractivity contribution in [3.05, 3.63) is 24.3 Å². The molecule has 4 nitrogen and oxygen atoms in total. The van der Waals surface area contributed by atoms with Gasteiger partial charge >= 0.3 is 0 Å². The van der Waals surface area contributed by atoms with Crippen molar-refractivity contribution in [2.75, 3.05) is 18.0 Å². The summed E-state index contributed by atoms with van der Waals surface area (Å²) in [6.45, 7) is 2.00. The first-order valence-corrected chi connectivity index (χ1v) is 5.78. The third kappa shape index (κ3) is 2.37. The minimum Gasteiger partial charge on any atom is -0.342 e. The molecule has 0 amide bonds. The van der Waals surface area contributed by atoms with Crippen molar-refractivity contribution in [3.63, 3.8) is 0 Å². The number of para-hydroxylation sites is 2. The number of halogens is 1. The number of hydrogen-bond donors (Lipinski definition) is 2. The highest BCUT2D eigenvalue weighted by Crippen LogP contribution is 2.20. The number of nitrogens with zero attached hydrogens (tertiary/aromatic N) is 2. The predicted octanol–water partition coefficient (Wildman–Crippen LogP) is 1.91. The van der Waals surface area contributed by atoms with Gasteiger partial charge in [-0.2, -0.15) is 0 Å². The second-order valence-corrected chi connectivity index (χ2v) is 4.40. The Labute approximate surface area is 107 Å². The monoisotopic (exact) mass is 252 g/mol. The quantitative estimate of drug-likeness (QED) is 0.815. The average Bonchev–Trinajstić information content (AvgIpc) is 2.73. The number of fused-ring (bicyclic) bond motifs is 1. The number of imidazole rings is 1. The molecule has 1 aromatic carbocycles. The van der Waals surface area contributed by atoms with Crippen LogP contribution in [0.25, 0.3) is 11.0 Å². The molecular formula is C12H17ClN4. The molecule has 1 saturated heterocycles. The summed E-state index contributed by atoms with van der Waals surface area (Å²) in [5.74, 6) is 0.980. The fraction of sp³-hybridized carbons (Fsp3) is 0.417. The van der Waals surface area contributed by atoms with E-state index in [-0.39, 0.29) is 12.4 Å². The zero-order valence-corrected chi connectivity index (χ0v) is 10.4. The molecule has 0 bridgehead atoms. The maximum Gasteiger partial charge on any atom is 0.203 e. The Morgan fingerprint density at radius 3 is 2.65 bits per heavy atom. The summed E-state index contributed by atoms with van der Waals surface area (Å²) in [6, 6.07) is 8.49. The van der Waals surface area contributed by atoms with Gasteiger partial charge in [0.2, 0.25) is 5.95 Å². The molecule has 1 fully saturated rings. The Balaban J connectivity index is 0.00000108. The van der Waals surface area contributed by atoms with Crippen LogP contribution >= 0.6 is 12.4 Å². The van der Waals surface area contributed by atoms with Crippen LogP contribution in [0.3, 0.4) is 0 Å². The maximum atomic E-state index is 5.89. The van der Waals surface area contributed by atoms with E-state index in [1.165, 1.54) is 0 Å². The first-order valence-electron chi connectivity index (χ1n) is 5.78. The molecule has 5 heteroatoms. The third-order valence-electron chi connectivity index (χ3n) is 3.22. The summed E-state index contributed by atoms with van der Waals surface area (Å²) in [6.07, 6.45) is 2.11. The van der Waals surface area contributed by atoms with E-state index in [1.807, 2.05) is 18.2 Å². The van der Waals surface area contributed by atoms with Gasteiger partial charge in [-0.1, -0.05) is 12.1 Å². The zero-order chi connectivity index (χ0) is 11.0. The van der Waals surface area contributed by atoms with Crippen LogP contribution in [0.5, 0.6) is 0 Å². The van der Waals surface area contributed by atoms with Crippen LogP contribution in [0.15, 0.2) is 24.3 Å². The van der Waals surface area contributed by atoms with Crippen LogP contribution in [0.4, 0.5) is 5.95 Å². The van der Waals surface area contributed by atoms with E-state index in [2.05, 4.69) is 20.9 Å². The number of nitrogens with one attached hydrogen (secondary N) is 1. The summed E-state index contributed by atoms with van der Waals surface area (Å²) in [4.78, 5) is 10.2. The molecule has 92 valence electrons. The van der Waals surface area contributed by atoms with Crippen LogP contribution in [0.1, 0.15) is 12.8 Å². The summed E-state index contributed by atoms with van der Waals surface area (Å²) in [7, 11) is 0. The molecule has 1 aliphatic rings. The highest BCUT2D eigenvalue weighted by Gasteiger charge is 2.18. The normalized spacial score (nSPS) is 17.1. The number of nitrogens with two attached hydrogens (primary N) is 1. The third-order valence-corrected chi connectivity index (χ3v) is 3.22. The average molecular weight is 253 g/mol. The van der Waals surface area contributed by atoms with Gasteiger partial charge in [-0.3, -0.25) is 0 Å². The molecule has 0 aliphatic carbocycles. The van der Waals surface area contributed by atoms with E-state index in [1.54, 1.807) is 0 Å². The number of H-pyrrole nitrogens is 1. The van der Waals surface area contributed by atoms with Crippen LogP contribution in [-0.2, 0) is 0 Å². The van der Waals surface area contributed by atoms with Crippen molar-refractivity contribution < 1.29 is 0 Å². The van der Waals surface area contributed by atoms with Gasteiger partial charge in [-0.15, -0.1) is 12.4 Å².